The zero-order valence-electron chi connectivity index (χ0n) is 13.1. The van der Waals surface area contributed by atoms with Gasteiger partial charge in [0.25, 0.3) is 0 Å². The molecule has 120 valence electrons. The molecule has 1 heterocycles. The van der Waals surface area contributed by atoms with Crippen LogP contribution >= 0.6 is 0 Å². The number of likely N-dealkylation sites (tertiary alicyclic amines) is 1. The van der Waals surface area contributed by atoms with Gasteiger partial charge in [-0.1, -0.05) is 13.8 Å². The van der Waals surface area contributed by atoms with Crippen LogP contribution in [-0.4, -0.2) is 71.2 Å². The van der Waals surface area contributed by atoms with E-state index in [4.69, 9.17) is 0 Å². The number of amides is 1. The first-order valence-corrected chi connectivity index (χ1v) is 7.63. The van der Waals surface area contributed by atoms with E-state index in [1.54, 1.807) is 4.90 Å². The molecule has 2 aliphatic rings. The van der Waals surface area contributed by atoms with E-state index < -0.39 is 23.2 Å². The van der Waals surface area contributed by atoms with Crippen LogP contribution in [0.15, 0.2) is 0 Å². The summed E-state index contributed by atoms with van der Waals surface area (Å²) in [6, 6.07) is 0.117. The fourth-order valence-corrected chi connectivity index (χ4v) is 3.63. The van der Waals surface area contributed by atoms with Crippen LogP contribution in [0.3, 0.4) is 0 Å². The van der Waals surface area contributed by atoms with Gasteiger partial charge in [-0.05, 0) is 38.4 Å². The maximum absolute atomic E-state index is 12.7. The lowest BCUT2D eigenvalue weighted by Gasteiger charge is -2.37. The molecule has 0 aromatic heterocycles. The van der Waals surface area contributed by atoms with Crippen molar-refractivity contribution in [2.24, 2.45) is 17.3 Å². The predicted molar refractivity (Wildman–Crippen MR) is 77.7 cm³/mol. The Hall–Kier alpha value is -1.14. The van der Waals surface area contributed by atoms with E-state index in [1.807, 2.05) is 13.8 Å². The maximum Gasteiger partial charge on any atom is 0.307 e. The molecule has 2 unspecified atom stereocenters. The molecule has 0 aromatic rings. The molecule has 0 bridgehead atoms. The number of carboxylic acids is 1. The number of rotatable bonds is 5. The summed E-state index contributed by atoms with van der Waals surface area (Å²) >= 11 is 0. The summed E-state index contributed by atoms with van der Waals surface area (Å²) in [5.41, 5.74) is -0.484. The number of aliphatic carboxylic acids is 1. The van der Waals surface area contributed by atoms with Gasteiger partial charge in [0.1, 0.15) is 0 Å². The van der Waals surface area contributed by atoms with Crippen molar-refractivity contribution in [1.29, 1.82) is 0 Å². The molecule has 6 heteroatoms. The van der Waals surface area contributed by atoms with Crippen molar-refractivity contribution in [2.45, 2.75) is 32.7 Å². The Bertz CT molecular complexity index is 416. The van der Waals surface area contributed by atoms with Gasteiger partial charge in [0.2, 0.25) is 5.91 Å². The van der Waals surface area contributed by atoms with Crippen LogP contribution in [0.2, 0.25) is 0 Å². The number of hydrogen-bond acceptors (Lipinski definition) is 4. The average molecular weight is 298 g/mol. The number of piperidine rings is 1. The molecule has 21 heavy (non-hydrogen) atoms. The summed E-state index contributed by atoms with van der Waals surface area (Å²) in [6.45, 7) is 5.74. The second-order valence-corrected chi connectivity index (χ2v) is 6.90. The number of carbonyl (C=O) groups excluding carboxylic acids is 1. The second kappa shape index (κ2) is 5.93. The molecule has 1 saturated carbocycles. The van der Waals surface area contributed by atoms with E-state index >= 15 is 0 Å². The Morgan fingerprint density at radius 3 is 2.24 bits per heavy atom. The van der Waals surface area contributed by atoms with E-state index in [1.165, 1.54) is 0 Å². The average Bonchev–Trinajstić information content (AvgIpc) is 3.00. The summed E-state index contributed by atoms with van der Waals surface area (Å²) in [7, 11) is 2.05. The number of aliphatic hydroxyl groups is 1. The quantitative estimate of drug-likeness (QED) is 0.761. The van der Waals surface area contributed by atoms with Crippen LogP contribution in [0.5, 0.6) is 0 Å². The third-order valence-electron chi connectivity index (χ3n) is 5.11. The van der Waals surface area contributed by atoms with Gasteiger partial charge >= 0.3 is 5.97 Å². The van der Waals surface area contributed by atoms with Crippen LogP contribution in [0.4, 0.5) is 0 Å². The summed E-state index contributed by atoms with van der Waals surface area (Å²) in [6.07, 6.45) is 1.76. The molecule has 6 nitrogen and oxygen atoms in total. The smallest absolute Gasteiger partial charge is 0.307 e. The normalized spacial score (nSPS) is 29.1. The van der Waals surface area contributed by atoms with Gasteiger partial charge in [-0.3, -0.25) is 9.59 Å². The number of aliphatic hydroxyl groups excluding tert-OH is 1. The van der Waals surface area contributed by atoms with Gasteiger partial charge in [0.15, 0.2) is 0 Å². The van der Waals surface area contributed by atoms with Crippen molar-refractivity contribution < 1.29 is 19.8 Å². The van der Waals surface area contributed by atoms with Crippen molar-refractivity contribution in [3.8, 4) is 0 Å². The van der Waals surface area contributed by atoms with E-state index in [-0.39, 0.29) is 18.6 Å². The lowest BCUT2D eigenvalue weighted by atomic mass is 10.0. The fraction of sp³-hybridized carbons (Fsp3) is 0.867. The molecule has 1 aliphatic heterocycles. The highest BCUT2D eigenvalue weighted by Crippen LogP contribution is 2.59. The van der Waals surface area contributed by atoms with E-state index in [9.17, 15) is 19.8 Å². The van der Waals surface area contributed by atoms with Crippen molar-refractivity contribution in [1.82, 2.24) is 9.80 Å². The molecule has 1 saturated heterocycles. The standard InChI is InChI=1S/C15H26N2O4/c1-15(2)11(12(15)14(20)21)13(19)17(8-9-18)10-4-6-16(3)7-5-10/h10-12,18H,4-9H2,1-3H3,(H,20,21). The SMILES string of the molecule is CN1CCC(N(CCO)C(=O)C2C(C(=O)O)C2(C)C)CC1. The molecule has 2 N–H and O–H groups in total. The number of nitrogens with zero attached hydrogens (tertiary/aromatic N) is 2. The van der Waals surface area contributed by atoms with Crippen molar-refractivity contribution in [3.63, 3.8) is 0 Å². The van der Waals surface area contributed by atoms with Crippen molar-refractivity contribution in [2.75, 3.05) is 33.3 Å². The minimum atomic E-state index is -0.898. The number of carboxylic acid groups (broad SMARTS) is 1. The minimum absolute atomic E-state index is 0.0804. The van der Waals surface area contributed by atoms with Crippen LogP contribution in [0.25, 0.3) is 0 Å². The highest BCUT2D eigenvalue weighted by Gasteiger charge is 2.66. The Morgan fingerprint density at radius 1 is 1.24 bits per heavy atom. The number of hydrogen-bond donors (Lipinski definition) is 2. The first kappa shape index (κ1) is 16.2. The lowest BCUT2D eigenvalue weighted by molar-refractivity contribution is -0.143. The summed E-state index contributed by atoms with van der Waals surface area (Å²) in [4.78, 5) is 28.0. The molecule has 2 atom stereocenters. The Kier molecular flexibility index (Phi) is 4.58. The molecule has 2 fully saturated rings. The highest BCUT2D eigenvalue weighted by atomic mass is 16.4. The van der Waals surface area contributed by atoms with Crippen molar-refractivity contribution in [3.05, 3.63) is 0 Å². The molecule has 0 aromatic carbocycles. The van der Waals surface area contributed by atoms with E-state index in [0.717, 1.165) is 25.9 Å². The van der Waals surface area contributed by atoms with Crippen LogP contribution in [0.1, 0.15) is 26.7 Å². The molecule has 0 spiro atoms. The third kappa shape index (κ3) is 3.06. The summed E-state index contributed by atoms with van der Waals surface area (Å²) < 4.78 is 0. The van der Waals surface area contributed by atoms with Gasteiger partial charge in [-0.15, -0.1) is 0 Å². The lowest BCUT2D eigenvalue weighted by Crippen LogP contribution is -2.48. The van der Waals surface area contributed by atoms with Crippen molar-refractivity contribution >= 4 is 11.9 Å². The molecule has 0 radical (unpaired) electrons. The Morgan fingerprint density at radius 2 is 1.81 bits per heavy atom. The third-order valence-corrected chi connectivity index (χ3v) is 5.11. The first-order valence-electron chi connectivity index (χ1n) is 7.63. The van der Waals surface area contributed by atoms with Gasteiger partial charge < -0.3 is 20.0 Å². The largest absolute Gasteiger partial charge is 0.481 e. The summed E-state index contributed by atoms with van der Waals surface area (Å²) in [5, 5.41) is 18.5. The molecular formula is C15H26N2O4. The monoisotopic (exact) mass is 298 g/mol. The van der Waals surface area contributed by atoms with Crippen LogP contribution in [0, 0.1) is 17.3 Å². The number of carbonyl (C=O) groups is 2. The van der Waals surface area contributed by atoms with Gasteiger partial charge in [0.05, 0.1) is 18.4 Å². The Balaban J connectivity index is 2.08. The van der Waals surface area contributed by atoms with Crippen LogP contribution < -0.4 is 0 Å². The molecule has 1 amide bonds. The molecule has 1 aliphatic carbocycles. The fourth-order valence-electron chi connectivity index (χ4n) is 3.63. The molecule has 2 rings (SSSR count). The zero-order chi connectivity index (χ0) is 15.8. The summed E-state index contributed by atoms with van der Waals surface area (Å²) in [5.74, 6) is -2.06. The highest BCUT2D eigenvalue weighted by molar-refractivity contribution is 5.91. The van der Waals surface area contributed by atoms with E-state index in [2.05, 4.69) is 11.9 Å². The first-order chi connectivity index (χ1) is 9.80. The maximum atomic E-state index is 12.7. The van der Waals surface area contributed by atoms with Crippen LogP contribution in [-0.2, 0) is 9.59 Å². The minimum Gasteiger partial charge on any atom is -0.481 e. The Labute approximate surface area is 125 Å². The van der Waals surface area contributed by atoms with Gasteiger partial charge in [-0.2, -0.15) is 0 Å². The predicted octanol–water partition coefficient (Wildman–Crippen LogP) is 0.258. The second-order valence-electron chi connectivity index (χ2n) is 6.90. The van der Waals surface area contributed by atoms with Gasteiger partial charge in [-0.25, -0.2) is 0 Å². The topological polar surface area (TPSA) is 81.1 Å². The van der Waals surface area contributed by atoms with E-state index in [0.29, 0.717) is 6.54 Å². The zero-order valence-corrected chi connectivity index (χ0v) is 13.1. The molecular weight excluding hydrogens is 272 g/mol. The van der Waals surface area contributed by atoms with Gasteiger partial charge in [0, 0.05) is 12.6 Å².